The maximum atomic E-state index is 5.04. The topological polar surface area (TPSA) is 25.8 Å². The van der Waals surface area contributed by atoms with Crippen LogP contribution in [0.5, 0.6) is 0 Å². The number of hydrogen-bond acceptors (Lipinski definition) is 2. The lowest BCUT2D eigenvalue weighted by atomic mass is 9.88. The standard InChI is InChI=1S/C34H50N2P2/c1-31(2,3)27-17-19-29(35-21-27)37(33(7,8)9)23-25-15-13-14-16-26(25)24-38(34(10,11)12)30-20-18-28(22-36-30)32(4,5)6/h13-22H,23-24H2,1-12H3. The average molecular weight is 549 g/mol. The van der Waals surface area contributed by atoms with Crippen LogP contribution >= 0.6 is 15.8 Å². The molecule has 0 saturated carbocycles. The van der Waals surface area contributed by atoms with Crippen molar-refractivity contribution < 1.29 is 0 Å². The molecule has 0 bridgehead atoms. The van der Waals surface area contributed by atoms with Gasteiger partial charge in [-0.25, -0.2) is 0 Å². The predicted molar refractivity (Wildman–Crippen MR) is 172 cm³/mol. The maximum absolute atomic E-state index is 5.04. The second kappa shape index (κ2) is 11.5. The normalized spacial score (nSPS) is 14.8. The lowest BCUT2D eigenvalue weighted by Gasteiger charge is -2.34. The number of benzene rings is 1. The lowest BCUT2D eigenvalue weighted by molar-refractivity contribution is 0.587. The Hall–Kier alpha value is -1.62. The van der Waals surface area contributed by atoms with Gasteiger partial charge >= 0.3 is 0 Å². The summed E-state index contributed by atoms with van der Waals surface area (Å²) in [6.07, 6.45) is 6.32. The number of hydrogen-bond donors (Lipinski definition) is 0. The molecular formula is C34H50N2P2. The zero-order valence-electron chi connectivity index (χ0n) is 26.0. The van der Waals surface area contributed by atoms with Crippen molar-refractivity contribution in [2.24, 2.45) is 0 Å². The van der Waals surface area contributed by atoms with E-state index in [0.29, 0.717) is 0 Å². The van der Waals surface area contributed by atoms with Crippen molar-refractivity contribution >= 4 is 26.7 Å². The molecule has 206 valence electrons. The van der Waals surface area contributed by atoms with Crippen molar-refractivity contribution in [3.8, 4) is 0 Å². The molecule has 38 heavy (non-hydrogen) atoms. The van der Waals surface area contributed by atoms with E-state index in [1.807, 2.05) is 0 Å². The van der Waals surface area contributed by atoms with Gasteiger partial charge in [-0.15, -0.1) is 0 Å². The van der Waals surface area contributed by atoms with Crippen LogP contribution in [0.25, 0.3) is 0 Å². The van der Waals surface area contributed by atoms with Gasteiger partial charge in [0.2, 0.25) is 0 Å². The number of nitrogens with zero attached hydrogens (tertiary/aromatic N) is 2. The molecule has 0 radical (unpaired) electrons. The summed E-state index contributed by atoms with van der Waals surface area (Å²) in [6.45, 7) is 27.8. The lowest BCUT2D eigenvalue weighted by Crippen LogP contribution is -2.25. The summed E-state index contributed by atoms with van der Waals surface area (Å²) >= 11 is 0. The van der Waals surface area contributed by atoms with E-state index in [1.165, 1.54) is 33.1 Å². The van der Waals surface area contributed by atoms with E-state index >= 15 is 0 Å². The van der Waals surface area contributed by atoms with Crippen LogP contribution in [0.2, 0.25) is 0 Å². The highest BCUT2D eigenvalue weighted by Crippen LogP contribution is 2.54. The van der Waals surface area contributed by atoms with Gasteiger partial charge in [-0.1, -0.05) is 119 Å². The quantitative estimate of drug-likeness (QED) is 0.287. The van der Waals surface area contributed by atoms with E-state index in [1.54, 1.807) is 0 Å². The third kappa shape index (κ3) is 7.96. The minimum Gasteiger partial charge on any atom is -0.256 e. The molecule has 2 aromatic heterocycles. The third-order valence-corrected chi connectivity index (χ3v) is 13.4. The van der Waals surface area contributed by atoms with Crippen molar-refractivity contribution in [1.29, 1.82) is 0 Å². The van der Waals surface area contributed by atoms with Gasteiger partial charge in [-0.2, -0.15) is 0 Å². The maximum Gasteiger partial charge on any atom is 0.0639 e. The van der Waals surface area contributed by atoms with E-state index in [9.17, 15) is 0 Å². The Bertz CT molecular complexity index is 1090. The highest BCUT2D eigenvalue weighted by Gasteiger charge is 2.31. The first-order chi connectivity index (χ1) is 17.4. The molecule has 2 heterocycles. The van der Waals surface area contributed by atoms with Crippen LogP contribution < -0.4 is 10.9 Å². The SMILES string of the molecule is CC(C)(C)c1ccc(P(Cc2ccccc2CP(c2ccc(C(C)(C)C)cn2)C(C)(C)C)C(C)(C)C)nc1. The van der Waals surface area contributed by atoms with Gasteiger partial charge in [-0.05, 0) is 83.7 Å². The number of pyridine rings is 2. The molecular weight excluding hydrogens is 498 g/mol. The largest absolute Gasteiger partial charge is 0.256 e. The van der Waals surface area contributed by atoms with Crippen LogP contribution in [0.15, 0.2) is 60.9 Å². The van der Waals surface area contributed by atoms with Gasteiger partial charge in [0, 0.05) is 12.4 Å². The molecule has 0 fully saturated rings. The first-order valence-corrected chi connectivity index (χ1v) is 17.0. The Morgan fingerprint density at radius 1 is 0.500 bits per heavy atom. The van der Waals surface area contributed by atoms with Crippen LogP contribution in [0, 0.1) is 0 Å². The summed E-state index contributed by atoms with van der Waals surface area (Å²) in [5, 5.41) is 0.329. The van der Waals surface area contributed by atoms with Crippen molar-refractivity contribution in [3.05, 3.63) is 83.2 Å². The summed E-state index contributed by atoms with van der Waals surface area (Å²) in [4.78, 5) is 10.1. The van der Waals surface area contributed by atoms with Gasteiger partial charge in [0.05, 0.1) is 10.9 Å². The fraction of sp³-hybridized carbons (Fsp3) is 0.529. The first kappa shape index (κ1) is 30.9. The van der Waals surface area contributed by atoms with Gasteiger partial charge in [0.15, 0.2) is 0 Å². The molecule has 2 unspecified atom stereocenters. The van der Waals surface area contributed by atoms with Crippen molar-refractivity contribution in [1.82, 2.24) is 9.97 Å². The van der Waals surface area contributed by atoms with Gasteiger partial charge in [0.25, 0.3) is 0 Å². The van der Waals surface area contributed by atoms with Gasteiger partial charge in [-0.3, -0.25) is 9.97 Å². The molecule has 0 aliphatic rings. The Balaban J connectivity index is 1.96. The van der Waals surface area contributed by atoms with Crippen LogP contribution in [0.1, 0.15) is 105 Å². The molecule has 0 saturated heterocycles. The molecule has 3 rings (SSSR count). The summed E-state index contributed by atoms with van der Waals surface area (Å²) in [6, 6.07) is 18.3. The van der Waals surface area contributed by atoms with Gasteiger partial charge < -0.3 is 0 Å². The molecule has 2 atom stereocenters. The second-order valence-electron chi connectivity index (χ2n) is 14.6. The van der Waals surface area contributed by atoms with Crippen LogP contribution in [-0.4, -0.2) is 20.3 Å². The Morgan fingerprint density at radius 2 is 0.842 bits per heavy atom. The Kier molecular flexibility index (Phi) is 9.33. The van der Waals surface area contributed by atoms with Crippen molar-refractivity contribution in [2.75, 3.05) is 0 Å². The van der Waals surface area contributed by atoms with Crippen LogP contribution in [0.3, 0.4) is 0 Å². The Labute approximate surface area is 236 Å². The minimum absolute atomic E-state index is 0.117. The van der Waals surface area contributed by atoms with Gasteiger partial charge in [0.1, 0.15) is 0 Å². The fourth-order valence-corrected chi connectivity index (χ4v) is 9.36. The first-order valence-electron chi connectivity index (χ1n) is 13.9. The molecule has 0 aliphatic heterocycles. The fourth-order valence-electron chi connectivity index (χ4n) is 4.51. The molecule has 0 amide bonds. The predicted octanol–water partition coefficient (Wildman–Crippen LogP) is 9.28. The average Bonchev–Trinajstić information content (AvgIpc) is 2.79. The molecule has 1 aromatic carbocycles. The van der Waals surface area contributed by atoms with Crippen LogP contribution in [0.4, 0.5) is 0 Å². The van der Waals surface area contributed by atoms with Crippen molar-refractivity contribution in [2.45, 2.75) is 117 Å². The second-order valence-corrected chi connectivity index (χ2v) is 20.5. The van der Waals surface area contributed by atoms with E-state index < -0.39 is 15.8 Å². The zero-order chi connectivity index (χ0) is 28.5. The summed E-state index contributed by atoms with van der Waals surface area (Å²) < 4.78 is 0. The molecule has 0 aliphatic carbocycles. The number of rotatable bonds is 6. The molecule has 3 aromatic rings. The monoisotopic (exact) mass is 548 g/mol. The van der Waals surface area contributed by atoms with E-state index in [4.69, 9.17) is 9.97 Å². The molecule has 4 heteroatoms. The minimum atomic E-state index is -0.482. The summed E-state index contributed by atoms with van der Waals surface area (Å²) in [7, 11) is -0.964. The highest BCUT2D eigenvalue weighted by molar-refractivity contribution is 7.66. The highest BCUT2D eigenvalue weighted by atomic mass is 31.1. The zero-order valence-corrected chi connectivity index (χ0v) is 27.8. The molecule has 0 N–H and O–H groups in total. The van der Waals surface area contributed by atoms with E-state index in [0.717, 1.165) is 12.3 Å². The van der Waals surface area contributed by atoms with E-state index in [-0.39, 0.29) is 21.1 Å². The summed E-state index contributed by atoms with van der Waals surface area (Å²) in [5.74, 6) is 0. The molecule has 2 nitrogen and oxygen atoms in total. The Morgan fingerprint density at radius 3 is 1.08 bits per heavy atom. The van der Waals surface area contributed by atoms with E-state index in [2.05, 4.69) is 144 Å². The smallest absolute Gasteiger partial charge is 0.0639 e. The van der Waals surface area contributed by atoms with Crippen molar-refractivity contribution in [3.63, 3.8) is 0 Å². The van der Waals surface area contributed by atoms with Crippen LogP contribution in [-0.2, 0) is 23.2 Å². The molecule has 0 spiro atoms. The summed E-state index contributed by atoms with van der Waals surface area (Å²) in [5.41, 5.74) is 8.28. The third-order valence-electron chi connectivity index (χ3n) is 7.18. The number of aromatic nitrogens is 2.